The first kappa shape index (κ1) is 30.1. The highest BCUT2D eigenvalue weighted by atomic mass is 19.4. The number of ether oxygens (including phenoxy) is 1. The number of amides is 1. The van der Waals surface area contributed by atoms with Gasteiger partial charge in [-0.25, -0.2) is 4.98 Å². The number of carbonyl (C=O) groups is 1. The third kappa shape index (κ3) is 6.47. The van der Waals surface area contributed by atoms with Gasteiger partial charge in [0.25, 0.3) is 0 Å². The van der Waals surface area contributed by atoms with E-state index in [1.165, 1.54) is 13.0 Å². The molecule has 2 aromatic carbocycles. The molecular formula is C34H33F3N6O2. The molecule has 45 heavy (non-hydrogen) atoms. The average Bonchev–Trinajstić information content (AvgIpc) is 3.41. The quantitative estimate of drug-likeness (QED) is 0.209. The van der Waals surface area contributed by atoms with Gasteiger partial charge in [-0.15, -0.1) is 0 Å². The molecule has 4 heterocycles. The van der Waals surface area contributed by atoms with Gasteiger partial charge < -0.3 is 19.5 Å². The number of hydrogen-bond donors (Lipinski definition) is 1. The van der Waals surface area contributed by atoms with E-state index in [1.807, 2.05) is 42.9 Å². The molecule has 0 spiro atoms. The molecule has 232 valence electrons. The summed E-state index contributed by atoms with van der Waals surface area (Å²) < 4.78 is 51.6. The van der Waals surface area contributed by atoms with Gasteiger partial charge in [0.2, 0.25) is 11.8 Å². The summed E-state index contributed by atoms with van der Waals surface area (Å²) in [6.45, 7) is 4.87. The highest BCUT2D eigenvalue weighted by Gasteiger charge is 2.36. The summed E-state index contributed by atoms with van der Waals surface area (Å²) in [5.74, 6) is 1.41. The average molecular weight is 615 g/mol. The Morgan fingerprint density at radius 1 is 1.02 bits per heavy atom. The SMILES string of the molecule is CC(=O)NCC1CCN(c2ccc(-c3ccc(C)c(Oc4nc(-c5cccnc5)nc5ccn(C)c45)c3)cc2C(F)(F)F)CC1. The van der Waals surface area contributed by atoms with Gasteiger partial charge in [0.1, 0.15) is 11.3 Å². The van der Waals surface area contributed by atoms with E-state index in [0.717, 1.165) is 11.1 Å². The van der Waals surface area contributed by atoms with Crippen LogP contribution in [0.5, 0.6) is 11.6 Å². The van der Waals surface area contributed by atoms with Crippen LogP contribution >= 0.6 is 0 Å². The van der Waals surface area contributed by atoms with Crippen LogP contribution in [0.1, 0.15) is 30.9 Å². The van der Waals surface area contributed by atoms with E-state index in [1.54, 1.807) is 47.6 Å². The second-order valence-corrected chi connectivity index (χ2v) is 11.4. The highest BCUT2D eigenvalue weighted by Crippen LogP contribution is 2.41. The molecule has 1 aliphatic heterocycles. The zero-order chi connectivity index (χ0) is 31.7. The van der Waals surface area contributed by atoms with Crippen LogP contribution in [-0.2, 0) is 18.0 Å². The molecule has 11 heteroatoms. The van der Waals surface area contributed by atoms with Crippen molar-refractivity contribution in [3.8, 4) is 34.1 Å². The molecular weight excluding hydrogens is 581 g/mol. The number of rotatable bonds is 7. The van der Waals surface area contributed by atoms with Crippen molar-refractivity contribution in [2.45, 2.75) is 32.9 Å². The molecule has 0 unspecified atom stereocenters. The fourth-order valence-corrected chi connectivity index (χ4v) is 5.73. The van der Waals surface area contributed by atoms with Crippen LogP contribution in [0.3, 0.4) is 0 Å². The first-order chi connectivity index (χ1) is 21.6. The van der Waals surface area contributed by atoms with Crippen LogP contribution in [0.2, 0.25) is 0 Å². The van der Waals surface area contributed by atoms with Crippen molar-refractivity contribution in [3.05, 3.63) is 84.3 Å². The summed E-state index contributed by atoms with van der Waals surface area (Å²) in [6, 6.07) is 15.4. The standard InChI is InChI=1S/C34H33F3N6O2/c1-21-6-7-25(18-30(21)45-33-31-28(12-14-42(31)3)40-32(41-33)26-5-4-13-38-20-26)24-8-9-29(27(17-24)34(35,36)37)43-15-10-23(11-16-43)19-39-22(2)44/h4-9,12-14,17-18,20,23H,10-11,15-16,19H2,1-3H3,(H,39,44). The number of piperidine rings is 1. The van der Waals surface area contributed by atoms with Gasteiger partial charge in [-0.05, 0) is 78.8 Å². The minimum absolute atomic E-state index is 0.100. The lowest BCUT2D eigenvalue weighted by Crippen LogP contribution is -2.39. The summed E-state index contributed by atoms with van der Waals surface area (Å²) in [6.07, 6.45) is 2.09. The molecule has 1 fully saturated rings. The first-order valence-corrected chi connectivity index (χ1v) is 14.8. The Hall–Kier alpha value is -4.93. The number of carbonyl (C=O) groups excluding carboxylic acids is 1. The number of benzene rings is 2. The van der Waals surface area contributed by atoms with E-state index in [9.17, 15) is 18.0 Å². The van der Waals surface area contributed by atoms with E-state index in [2.05, 4.69) is 15.3 Å². The maximum absolute atomic E-state index is 14.4. The number of anilines is 1. The Morgan fingerprint density at radius 2 is 1.78 bits per heavy atom. The number of nitrogens with zero attached hydrogens (tertiary/aromatic N) is 5. The second kappa shape index (κ2) is 12.2. The van der Waals surface area contributed by atoms with Crippen molar-refractivity contribution in [2.75, 3.05) is 24.5 Å². The molecule has 0 atom stereocenters. The predicted octanol–water partition coefficient (Wildman–Crippen LogP) is 7.17. The minimum atomic E-state index is -4.54. The van der Waals surface area contributed by atoms with Gasteiger partial charge in [0, 0.05) is 63.4 Å². The summed E-state index contributed by atoms with van der Waals surface area (Å²) in [5.41, 5.74) is 3.43. The van der Waals surface area contributed by atoms with Gasteiger partial charge >= 0.3 is 6.18 Å². The lowest BCUT2D eigenvalue weighted by Gasteiger charge is -2.35. The Morgan fingerprint density at radius 3 is 2.49 bits per heavy atom. The van der Waals surface area contributed by atoms with Gasteiger partial charge in [0.05, 0.1) is 11.1 Å². The molecule has 6 rings (SSSR count). The number of aryl methyl sites for hydroxylation is 2. The molecule has 1 N–H and O–H groups in total. The summed E-state index contributed by atoms with van der Waals surface area (Å²) >= 11 is 0. The van der Waals surface area contributed by atoms with Crippen LogP contribution in [0, 0.1) is 12.8 Å². The molecule has 1 saturated heterocycles. The lowest BCUT2D eigenvalue weighted by molar-refractivity contribution is -0.137. The Labute approximate surface area is 258 Å². The first-order valence-electron chi connectivity index (χ1n) is 14.8. The van der Waals surface area contributed by atoms with Crippen molar-refractivity contribution in [1.82, 2.24) is 24.8 Å². The zero-order valence-electron chi connectivity index (χ0n) is 25.2. The van der Waals surface area contributed by atoms with Crippen LogP contribution in [0.15, 0.2) is 73.2 Å². The van der Waals surface area contributed by atoms with Crippen LogP contribution in [0.4, 0.5) is 18.9 Å². The third-order valence-electron chi connectivity index (χ3n) is 8.23. The minimum Gasteiger partial charge on any atom is -0.437 e. The molecule has 8 nitrogen and oxygen atoms in total. The summed E-state index contributed by atoms with van der Waals surface area (Å²) in [4.78, 5) is 26.6. The van der Waals surface area contributed by atoms with Crippen molar-refractivity contribution < 1.29 is 22.7 Å². The fraction of sp³-hybridized carbons (Fsp3) is 0.294. The summed E-state index contributed by atoms with van der Waals surface area (Å²) in [7, 11) is 1.87. The van der Waals surface area contributed by atoms with E-state index in [0.29, 0.717) is 72.1 Å². The smallest absolute Gasteiger partial charge is 0.418 e. The van der Waals surface area contributed by atoms with Gasteiger partial charge in [0.15, 0.2) is 5.82 Å². The zero-order valence-corrected chi connectivity index (χ0v) is 25.2. The summed E-state index contributed by atoms with van der Waals surface area (Å²) in [5, 5.41) is 2.82. The van der Waals surface area contributed by atoms with Crippen molar-refractivity contribution in [3.63, 3.8) is 0 Å². The largest absolute Gasteiger partial charge is 0.437 e. The molecule has 0 radical (unpaired) electrons. The lowest BCUT2D eigenvalue weighted by atomic mass is 9.94. The Bertz CT molecular complexity index is 1850. The third-order valence-corrected chi connectivity index (χ3v) is 8.23. The van der Waals surface area contributed by atoms with E-state index in [4.69, 9.17) is 9.72 Å². The molecule has 1 aliphatic rings. The number of fused-ring (bicyclic) bond motifs is 1. The van der Waals surface area contributed by atoms with Crippen molar-refractivity contribution >= 4 is 22.6 Å². The number of alkyl halides is 3. The number of halogens is 3. The fourth-order valence-electron chi connectivity index (χ4n) is 5.73. The molecule has 0 bridgehead atoms. The monoisotopic (exact) mass is 614 g/mol. The topological polar surface area (TPSA) is 85.2 Å². The maximum atomic E-state index is 14.4. The van der Waals surface area contributed by atoms with Crippen molar-refractivity contribution in [1.29, 1.82) is 0 Å². The number of pyridine rings is 1. The van der Waals surface area contributed by atoms with E-state index < -0.39 is 11.7 Å². The molecule has 3 aromatic heterocycles. The number of nitrogens with one attached hydrogen (secondary N) is 1. The van der Waals surface area contributed by atoms with Gasteiger partial charge in [-0.3, -0.25) is 9.78 Å². The number of hydrogen-bond acceptors (Lipinski definition) is 6. The Kier molecular flexibility index (Phi) is 8.18. The van der Waals surface area contributed by atoms with Gasteiger partial charge in [-0.1, -0.05) is 18.2 Å². The molecule has 0 saturated carbocycles. The second-order valence-electron chi connectivity index (χ2n) is 11.4. The highest BCUT2D eigenvalue weighted by molar-refractivity contribution is 5.83. The predicted molar refractivity (Wildman–Crippen MR) is 167 cm³/mol. The van der Waals surface area contributed by atoms with Gasteiger partial charge in [-0.2, -0.15) is 18.2 Å². The molecule has 1 amide bonds. The molecule has 0 aliphatic carbocycles. The number of aromatic nitrogens is 4. The van der Waals surface area contributed by atoms with Crippen LogP contribution in [0.25, 0.3) is 33.5 Å². The van der Waals surface area contributed by atoms with Crippen molar-refractivity contribution in [2.24, 2.45) is 13.0 Å². The van der Waals surface area contributed by atoms with E-state index >= 15 is 0 Å². The Balaban J connectivity index is 1.31. The molecule has 5 aromatic rings. The maximum Gasteiger partial charge on any atom is 0.418 e. The normalized spacial score (nSPS) is 14.1. The van der Waals surface area contributed by atoms with E-state index in [-0.39, 0.29) is 17.5 Å². The van der Waals surface area contributed by atoms with Crippen LogP contribution in [-0.4, -0.2) is 45.1 Å². The van der Waals surface area contributed by atoms with Crippen LogP contribution < -0.4 is 15.0 Å².